The van der Waals surface area contributed by atoms with Crippen LogP contribution < -0.4 is 4.74 Å². The van der Waals surface area contributed by atoms with Crippen molar-refractivity contribution >= 4 is 50.9 Å². The molecule has 2 rings (SSSR count). The molecule has 1 saturated heterocycles. The number of carboxylic acid groups (broad SMARTS) is 1. The van der Waals surface area contributed by atoms with Crippen LogP contribution in [-0.4, -0.2) is 40.3 Å². The Kier molecular flexibility index (Phi) is 5.62. The Labute approximate surface area is 144 Å². The highest BCUT2D eigenvalue weighted by molar-refractivity contribution is 9.10. The first-order valence-corrected chi connectivity index (χ1v) is 8.03. The summed E-state index contributed by atoms with van der Waals surface area (Å²) in [4.78, 5) is 36.0. The van der Waals surface area contributed by atoms with Gasteiger partial charge in [0.25, 0.3) is 11.1 Å². The molecule has 0 saturated carbocycles. The van der Waals surface area contributed by atoms with Crippen LogP contribution in [0.4, 0.5) is 4.79 Å². The Morgan fingerprint density at radius 2 is 2.17 bits per heavy atom. The number of carboxylic acids is 1. The smallest absolute Gasteiger partial charge is 0.341 e. The number of thioether (sulfide) groups is 1. The van der Waals surface area contributed by atoms with Crippen LogP contribution in [0.5, 0.6) is 5.75 Å². The number of rotatable bonds is 6. The number of hydrogen-bond acceptors (Lipinski definition) is 5. The highest BCUT2D eigenvalue weighted by Gasteiger charge is 2.34. The molecule has 1 N–H and O–H groups in total. The highest BCUT2D eigenvalue weighted by atomic mass is 79.9. The van der Waals surface area contributed by atoms with Crippen LogP contribution >= 0.6 is 27.7 Å². The summed E-state index contributed by atoms with van der Waals surface area (Å²) in [7, 11) is 0. The largest absolute Gasteiger partial charge is 0.481 e. The number of imide groups is 1. The second-order valence-electron chi connectivity index (χ2n) is 4.45. The fourth-order valence-electron chi connectivity index (χ4n) is 1.83. The van der Waals surface area contributed by atoms with Crippen molar-refractivity contribution in [1.29, 1.82) is 0 Å². The Morgan fingerprint density at radius 3 is 2.83 bits per heavy atom. The second kappa shape index (κ2) is 7.47. The average molecular weight is 398 g/mol. The summed E-state index contributed by atoms with van der Waals surface area (Å²) in [5.41, 5.74) is 0.504. The van der Waals surface area contributed by atoms with Gasteiger partial charge in [0, 0.05) is 16.6 Å². The maximum Gasteiger partial charge on any atom is 0.341 e. The first-order valence-electron chi connectivity index (χ1n) is 6.42. The van der Waals surface area contributed by atoms with E-state index in [0.717, 1.165) is 21.1 Å². The Morgan fingerprint density at radius 1 is 1.43 bits per heavy atom. The number of halogens is 1. The van der Waals surface area contributed by atoms with Gasteiger partial charge in [0.15, 0.2) is 6.61 Å². The minimum Gasteiger partial charge on any atom is -0.481 e. The van der Waals surface area contributed by atoms with Crippen molar-refractivity contribution in [2.24, 2.45) is 0 Å². The molecular weight excluding hydrogens is 386 g/mol. The molecule has 0 radical (unpaired) electrons. The lowest BCUT2D eigenvalue weighted by atomic mass is 10.2. The van der Waals surface area contributed by atoms with Crippen molar-refractivity contribution in [1.82, 2.24) is 4.90 Å². The molecule has 1 heterocycles. The second-order valence-corrected chi connectivity index (χ2v) is 6.35. The zero-order chi connectivity index (χ0) is 17.0. The number of amides is 2. The number of hydrogen-bond donors (Lipinski definition) is 1. The molecule has 8 heteroatoms. The number of ether oxygens (including phenoxy) is 1. The third kappa shape index (κ3) is 4.23. The van der Waals surface area contributed by atoms with Gasteiger partial charge in [0.1, 0.15) is 5.75 Å². The molecule has 23 heavy (non-hydrogen) atoms. The molecule has 0 atom stereocenters. The number of aliphatic carboxylic acids is 1. The summed E-state index contributed by atoms with van der Waals surface area (Å²) in [5, 5.41) is 8.34. The highest BCUT2D eigenvalue weighted by Crippen LogP contribution is 2.34. The van der Waals surface area contributed by atoms with Gasteiger partial charge in [-0.25, -0.2) is 4.79 Å². The quantitative estimate of drug-likeness (QED) is 0.586. The van der Waals surface area contributed by atoms with E-state index in [1.807, 2.05) is 0 Å². The number of carbonyl (C=O) groups is 3. The van der Waals surface area contributed by atoms with E-state index in [4.69, 9.17) is 9.84 Å². The monoisotopic (exact) mass is 397 g/mol. The van der Waals surface area contributed by atoms with E-state index >= 15 is 0 Å². The molecule has 1 aromatic rings. The van der Waals surface area contributed by atoms with Gasteiger partial charge in [-0.3, -0.25) is 14.5 Å². The summed E-state index contributed by atoms with van der Waals surface area (Å²) < 4.78 is 5.93. The fourth-order valence-corrected chi connectivity index (χ4v) is 3.05. The van der Waals surface area contributed by atoms with Crippen LogP contribution in [0.15, 0.2) is 40.2 Å². The van der Waals surface area contributed by atoms with Crippen molar-refractivity contribution in [3.8, 4) is 5.75 Å². The van der Waals surface area contributed by atoms with E-state index in [1.165, 1.54) is 12.2 Å². The van der Waals surface area contributed by atoms with E-state index in [1.54, 1.807) is 18.2 Å². The van der Waals surface area contributed by atoms with Gasteiger partial charge in [0.2, 0.25) is 0 Å². The summed E-state index contributed by atoms with van der Waals surface area (Å²) in [6.45, 7) is 3.15. The minimum absolute atomic E-state index is 0.142. The zero-order valence-corrected chi connectivity index (χ0v) is 14.2. The van der Waals surface area contributed by atoms with Crippen LogP contribution in [-0.2, 0) is 9.59 Å². The lowest BCUT2D eigenvalue weighted by Gasteiger charge is -2.09. The van der Waals surface area contributed by atoms with Gasteiger partial charge < -0.3 is 9.84 Å². The van der Waals surface area contributed by atoms with Crippen molar-refractivity contribution in [3.63, 3.8) is 0 Å². The molecule has 0 aliphatic carbocycles. The van der Waals surface area contributed by atoms with Gasteiger partial charge in [-0.2, -0.15) is 0 Å². The number of carbonyl (C=O) groups excluding carboxylic acids is 2. The molecule has 1 aliphatic rings. The van der Waals surface area contributed by atoms with Gasteiger partial charge in [-0.05, 0) is 36.0 Å². The van der Waals surface area contributed by atoms with E-state index < -0.39 is 18.5 Å². The number of benzene rings is 1. The molecule has 1 aromatic carbocycles. The number of nitrogens with zero attached hydrogens (tertiary/aromatic N) is 1. The third-order valence-electron chi connectivity index (χ3n) is 2.79. The summed E-state index contributed by atoms with van der Waals surface area (Å²) in [6, 6.07) is 4.96. The van der Waals surface area contributed by atoms with Gasteiger partial charge in [-0.1, -0.05) is 22.0 Å². The SMILES string of the molecule is C=CCN1C(=O)S/C(=C/c2cc(Br)ccc2OCC(=O)O)C1=O. The van der Waals surface area contributed by atoms with Gasteiger partial charge in [-0.15, -0.1) is 6.58 Å². The van der Waals surface area contributed by atoms with Crippen LogP contribution in [0.2, 0.25) is 0 Å². The summed E-state index contributed by atoms with van der Waals surface area (Å²) in [6.07, 6.45) is 2.98. The van der Waals surface area contributed by atoms with E-state index in [2.05, 4.69) is 22.5 Å². The lowest BCUT2D eigenvalue weighted by molar-refractivity contribution is -0.139. The van der Waals surface area contributed by atoms with Crippen molar-refractivity contribution < 1.29 is 24.2 Å². The molecule has 0 unspecified atom stereocenters. The lowest BCUT2D eigenvalue weighted by Crippen LogP contribution is -2.27. The first-order chi connectivity index (χ1) is 10.9. The van der Waals surface area contributed by atoms with Crippen LogP contribution in [0.3, 0.4) is 0 Å². The Hall–Kier alpha value is -2.06. The van der Waals surface area contributed by atoms with Gasteiger partial charge >= 0.3 is 5.97 Å². The van der Waals surface area contributed by atoms with Gasteiger partial charge in [0.05, 0.1) is 4.91 Å². The van der Waals surface area contributed by atoms with Crippen LogP contribution in [0, 0.1) is 0 Å². The summed E-state index contributed by atoms with van der Waals surface area (Å²) in [5.74, 6) is -1.21. The normalized spacial score (nSPS) is 16.0. The van der Waals surface area contributed by atoms with Crippen molar-refractivity contribution in [2.75, 3.05) is 13.2 Å². The predicted molar refractivity (Wildman–Crippen MR) is 90.1 cm³/mol. The Bertz CT molecular complexity index is 716. The average Bonchev–Trinajstić information content (AvgIpc) is 2.74. The molecule has 0 bridgehead atoms. The van der Waals surface area contributed by atoms with E-state index in [9.17, 15) is 14.4 Å². The zero-order valence-electron chi connectivity index (χ0n) is 11.8. The standard InChI is InChI=1S/C15H12BrNO5S/c1-2-5-17-14(20)12(23-15(17)21)7-9-6-10(16)3-4-11(9)22-8-13(18)19/h2-4,6-7H,1,5,8H2,(H,18,19)/b12-7+. The molecule has 6 nitrogen and oxygen atoms in total. The molecule has 0 spiro atoms. The third-order valence-corrected chi connectivity index (χ3v) is 4.20. The first kappa shape index (κ1) is 17.3. The van der Waals surface area contributed by atoms with Crippen molar-refractivity contribution in [3.05, 3.63) is 45.8 Å². The molecular formula is C15H12BrNO5S. The molecule has 2 amide bonds. The molecule has 1 fully saturated rings. The maximum absolute atomic E-state index is 12.2. The minimum atomic E-state index is -1.11. The van der Waals surface area contributed by atoms with E-state index in [0.29, 0.717) is 11.3 Å². The predicted octanol–water partition coefficient (Wildman–Crippen LogP) is 3.13. The van der Waals surface area contributed by atoms with Crippen molar-refractivity contribution in [2.45, 2.75) is 0 Å². The summed E-state index contributed by atoms with van der Waals surface area (Å²) >= 11 is 4.13. The molecule has 0 aromatic heterocycles. The Balaban J connectivity index is 2.33. The van der Waals surface area contributed by atoms with Crippen LogP contribution in [0.25, 0.3) is 6.08 Å². The van der Waals surface area contributed by atoms with Crippen LogP contribution in [0.1, 0.15) is 5.56 Å². The fraction of sp³-hybridized carbons (Fsp3) is 0.133. The topological polar surface area (TPSA) is 83.9 Å². The molecule has 120 valence electrons. The van der Waals surface area contributed by atoms with E-state index in [-0.39, 0.29) is 16.7 Å². The maximum atomic E-state index is 12.2. The molecule has 1 aliphatic heterocycles.